The lowest BCUT2D eigenvalue weighted by molar-refractivity contribution is 0.0600. The first-order valence-electron chi connectivity index (χ1n) is 6.86. The first kappa shape index (κ1) is 12.6. The average Bonchev–Trinajstić information content (AvgIpc) is 2.99. The molecule has 102 valence electrons. The number of likely N-dealkylation sites (tertiary alicyclic amines) is 1. The minimum Gasteiger partial charge on any atom is -0.465 e. The molecule has 2 atom stereocenters. The average molecular weight is 260 g/mol. The van der Waals surface area contributed by atoms with Gasteiger partial charge in [0.2, 0.25) is 0 Å². The van der Waals surface area contributed by atoms with E-state index in [0.29, 0.717) is 5.56 Å². The minimum atomic E-state index is -0.270. The molecule has 4 nitrogen and oxygen atoms in total. The first-order valence-corrected chi connectivity index (χ1v) is 6.86. The van der Waals surface area contributed by atoms with E-state index in [9.17, 15) is 4.79 Å². The van der Waals surface area contributed by atoms with Crippen LogP contribution in [0.3, 0.4) is 0 Å². The molecule has 1 N–H and O–H groups in total. The highest BCUT2D eigenvalue weighted by Gasteiger charge is 2.35. The summed E-state index contributed by atoms with van der Waals surface area (Å²) in [4.78, 5) is 13.9. The molecule has 0 radical (unpaired) electrons. The number of ether oxygens (including phenoxy) is 1. The summed E-state index contributed by atoms with van der Waals surface area (Å²) in [6.45, 7) is 5.70. The molecule has 0 aliphatic carbocycles. The van der Waals surface area contributed by atoms with E-state index in [2.05, 4.69) is 10.2 Å². The second-order valence-corrected chi connectivity index (χ2v) is 5.56. The lowest BCUT2D eigenvalue weighted by atomic mass is 10.0. The van der Waals surface area contributed by atoms with Crippen LogP contribution in [-0.2, 0) is 11.3 Å². The van der Waals surface area contributed by atoms with Gasteiger partial charge >= 0.3 is 5.97 Å². The van der Waals surface area contributed by atoms with E-state index in [1.54, 1.807) is 0 Å². The Kier molecular flexibility index (Phi) is 3.53. The molecule has 2 aliphatic rings. The fraction of sp³-hybridized carbons (Fsp3) is 0.533. The van der Waals surface area contributed by atoms with Crippen LogP contribution in [0.25, 0.3) is 0 Å². The number of nitrogens with zero attached hydrogens (tertiary/aromatic N) is 1. The molecule has 2 heterocycles. The summed E-state index contributed by atoms with van der Waals surface area (Å²) in [5.74, 6) is 1.39. The molecule has 0 saturated carbocycles. The summed E-state index contributed by atoms with van der Waals surface area (Å²) in [7, 11) is 1.41. The summed E-state index contributed by atoms with van der Waals surface area (Å²) >= 11 is 0. The summed E-state index contributed by atoms with van der Waals surface area (Å²) in [5, 5.41) is 3.46. The van der Waals surface area contributed by atoms with Gasteiger partial charge in [0.25, 0.3) is 0 Å². The first-order chi connectivity index (χ1) is 9.26. The predicted octanol–water partition coefficient (Wildman–Crippen LogP) is 1.12. The molecule has 2 saturated heterocycles. The van der Waals surface area contributed by atoms with Crippen molar-refractivity contribution in [1.82, 2.24) is 10.2 Å². The van der Waals surface area contributed by atoms with Crippen LogP contribution in [-0.4, -0.2) is 44.2 Å². The van der Waals surface area contributed by atoms with Gasteiger partial charge in [-0.1, -0.05) is 12.1 Å². The van der Waals surface area contributed by atoms with Crippen molar-refractivity contribution in [3.63, 3.8) is 0 Å². The van der Waals surface area contributed by atoms with Crippen LogP contribution >= 0.6 is 0 Å². The van der Waals surface area contributed by atoms with E-state index in [-0.39, 0.29) is 5.97 Å². The Balaban J connectivity index is 1.60. The SMILES string of the molecule is COC(=O)c1ccc(CN2CC3CNCC3C2)cc1. The zero-order valence-corrected chi connectivity index (χ0v) is 11.3. The van der Waals surface area contributed by atoms with Gasteiger partial charge in [-0.05, 0) is 42.6 Å². The molecule has 0 amide bonds. The van der Waals surface area contributed by atoms with Crippen molar-refractivity contribution in [2.45, 2.75) is 6.54 Å². The highest BCUT2D eigenvalue weighted by Crippen LogP contribution is 2.27. The summed E-state index contributed by atoms with van der Waals surface area (Å²) in [6, 6.07) is 7.75. The number of fused-ring (bicyclic) bond motifs is 1. The van der Waals surface area contributed by atoms with Gasteiger partial charge < -0.3 is 10.1 Å². The zero-order chi connectivity index (χ0) is 13.2. The van der Waals surface area contributed by atoms with Gasteiger partial charge in [0.1, 0.15) is 0 Å². The molecule has 2 aliphatic heterocycles. The number of esters is 1. The fourth-order valence-corrected chi connectivity index (χ4v) is 3.20. The number of hydrogen-bond acceptors (Lipinski definition) is 4. The second-order valence-electron chi connectivity index (χ2n) is 5.56. The largest absolute Gasteiger partial charge is 0.465 e. The predicted molar refractivity (Wildman–Crippen MR) is 72.9 cm³/mol. The smallest absolute Gasteiger partial charge is 0.337 e. The van der Waals surface area contributed by atoms with E-state index in [4.69, 9.17) is 4.74 Å². The van der Waals surface area contributed by atoms with Crippen molar-refractivity contribution in [2.75, 3.05) is 33.3 Å². The summed E-state index contributed by atoms with van der Waals surface area (Å²) in [6.07, 6.45) is 0. The Morgan fingerprint density at radius 1 is 1.26 bits per heavy atom. The van der Waals surface area contributed by atoms with Crippen molar-refractivity contribution in [1.29, 1.82) is 0 Å². The molecule has 19 heavy (non-hydrogen) atoms. The van der Waals surface area contributed by atoms with Crippen molar-refractivity contribution in [3.05, 3.63) is 35.4 Å². The van der Waals surface area contributed by atoms with Crippen molar-refractivity contribution in [2.24, 2.45) is 11.8 Å². The van der Waals surface area contributed by atoms with Crippen LogP contribution < -0.4 is 5.32 Å². The third-order valence-electron chi connectivity index (χ3n) is 4.25. The minimum absolute atomic E-state index is 0.270. The third-order valence-corrected chi connectivity index (χ3v) is 4.25. The molecule has 0 spiro atoms. The van der Waals surface area contributed by atoms with E-state index in [1.807, 2.05) is 24.3 Å². The van der Waals surface area contributed by atoms with Crippen LogP contribution in [0.5, 0.6) is 0 Å². The summed E-state index contributed by atoms with van der Waals surface area (Å²) < 4.78 is 4.70. The maximum atomic E-state index is 11.4. The molecule has 3 rings (SSSR count). The monoisotopic (exact) mass is 260 g/mol. The Morgan fingerprint density at radius 3 is 2.47 bits per heavy atom. The van der Waals surface area contributed by atoms with Gasteiger partial charge in [0, 0.05) is 19.6 Å². The molecular weight excluding hydrogens is 240 g/mol. The molecule has 0 aromatic heterocycles. The van der Waals surface area contributed by atoms with Gasteiger partial charge in [-0.25, -0.2) is 4.79 Å². The van der Waals surface area contributed by atoms with Crippen LogP contribution in [0.1, 0.15) is 15.9 Å². The van der Waals surface area contributed by atoms with E-state index in [0.717, 1.165) is 18.4 Å². The molecule has 2 fully saturated rings. The molecule has 0 bridgehead atoms. The zero-order valence-electron chi connectivity index (χ0n) is 11.3. The van der Waals surface area contributed by atoms with Gasteiger partial charge in [0.15, 0.2) is 0 Å². The van der Waals surface area contributed by atoms with Crippen molar-refractivity contribution < 1.29 is 9.53 Å². The summed E-state index contributed by atoms with van der Waals surface area (Å²) in [5.41, 5.74) is 1.88. The van der Waals surface area contributed by atoms with Crippen molar-refractivity contribution in [3.8, 4) is 0 Å². The lowest BCUT2D eigenvalue weighted by Gasteiger charge is -2.17. The molecule has 1 aromatic carbocycles. The number of carbonyl (C=O) groups is 1. The Hall–Kier alpha value is -1.39. The van der Waals surface area contributed by atoms with Crippen molar-refractivity contribution >= 4 is 5.97 Å². The Labute approximate surface area is 113 Å². The van der Waals surface area contributed by atoms with Crippen LogP contribution in [0, 0.1) is 11.8 Å². The number of carbonyl (C=O) groups excluding carboxylic acids is 1. The van der Waals surface area contributed by atoms with Gasteiger partial charge in [-0.15, -0.1) is 0 Å². The van der Waals surface area contributed by atoms with E-state index in [1.165, 1.54) is 38.9 Å². The van der Waals surface area contributed by atoms with E-state index < -0.39 is 0 Å². The lowest BCUT2D eigenvalue weighted by Crippen LogP contribution is -2.25. The standard InChI is InChI=1S/C15H20N2O2/c1-19-15(18)12-4-2-11(3-5-12)8-17-9-13-6-16-7-14(13)10-17/h2-5,13-14,16H,6-10H2,1H3. The van der Waals surface area contributed by atoms with Gasteiger partial charge in [-0.2, -0.15) is 0 Å². The Bertz CT molecular complexity index is 446. The quantitative estimate of drug-likeness (QED) is 0.827. The van der Waals surface area contributed by atoms with Gasteiger partial charge in [-0.3, -0.25) is 4.90 Å². The molecule has 4 heteroatoms. The third kappa shape index (κ3) is 2.65. The number of benzene rings is 1. The highest BCUT2D eigenvalue weighted by atomic mass is 16.5. The molecular formula is C15H20N2O2. The molecule has 1 aromatic rings. The van der Waals surface area contributed by atoms with Crippen LogP contribution in [0.15, 0.2) is 24.3 Å². The van der Waals surface area contributed by atoms with E-state index >= 15 is 0 Å². The normalized spacial score (nSPS) is 26.4. The van der Waals surface area contributed by atoms with Crippen LogP contribution in [0.2, 0.25) is 0 Å². The van der Waals surface area contributed by atoms with Gasteiger partial charge in [0.05, 0.1) is 12.7 Å². The number of nitrogens with one attached hydrogen (secondary N) is 1. The molecule has 2 unspecified atom stereocenters. The number of methoxy groups -OCH3 is 1. The highest BCUT2D eigenvalue weighted by molar-refractivity contribution is 5.89. The fourth-order valence-electron chi connectivity index (χ4n) is 3.20. The number of hydrogen-bond donors (Lipinski definition) is 1. The topological polar surface area (TPSA) is 41.6 Å². The second kappa shape index (κ2) is 5.31. The maximum Gasteiger partial charge on any atom is 0.337 e. The Morgan fingerprint density at radius 2 is 1.89 bits per heavy atom. The van der Waals surface area contributed by atoms with Crippen LogP contribution in [0.4, 0.5) is 0 Å². The number of rotatable bonds is 3. The maximum absolute atomic E-state index is 11.4.